The Morgan fingerprint density at radius 3 is 2.62 bits per heavy atom. The Morgan fingerprint density at radius 2 is 1.92 bits per heavy atom. The lowest BCUT2D eigenvalue weighted by molar-refractivity contribution is -0.126. The molecule has 1 aliphatic carbocycles. The van der Waals surface area contributed by atoms with Gasteiger partial charge in [0, 0.05) is 12.2 Å². The van der Waals surface area contributed by atoms with Crippen molar-refractivity contribution in [3.8, 4) is 0 Å². The first kappa shape index (κ1) is 18.2. The first-order valence-electron chi connectivity index (χ1n) is 8.89. The third-order valence-electron chi connectivity index (χ3n) is 4.33. The Labute approximate surface area is 144 Å². The molecule has 0 bridgehead atoms. The van der Waals surface area contributed by atoms with E-state index in [0.29, 0.717) is 12.5 Å². The van der Waals surface area contributed by atoms with Gasteiger partial charge in [-0.2, -0.15) is 0 Å². The quantitative estimate of drug-likeness (QED) is 0.583. The molecular formula is C20H28N2O2. The zero-order valence-corrected chi connectivity index (χ0v) is 14.7. The van der Waals surface area contributed by atoms with E-state index in [4.69, 9.17) is 0 Å². The highest BCUT2D eigenvalue weighted by molar-refractivity contribution is 6.03. The summed E-state index contributed by atoms with van der Waals surface area (Å²) in [6.07, 6.45) is 7.86. The van der Waals surface area contributed by atoms with Crippen molar-refractivity contribution in [2.24, 2.45) is 0 Å². The van der Waals surface area contributed by atoms with Gasteiger partial charge in [0.1, 0.15) is 6.42 Å². The molecule has 0 aromatic heterocycles. The normalized spacial score (nSPS) is 14.2. The van der Waals surface area contributed by atoms with E-state index in [0.717, 1.165) is 30.5 Å². The smallest absolute Gasteiger partial charge is 0.233 e. The molecule has 0 unspecified atom stereocenters. The fraction of sp³-hybridized carbons (Fsp3) is 0.500. The number of allylic oxidation sites excluding steroid dienone is 1. The van der Waals surface area contributed by atoms with Crippen molar-refractivity contribution in [3.05, 3.63) is 41.5 Å². The van der Waals surface area contributed by atoms with Gasteiger partial charge in [0.25, 0.3) is 0 Å². The number of carbonyl (C=O) groups is 2. The van der Waals surface area contributed by atoms with Gasteiger partial charge >= 0.3 is 0 Å². The highest BCUT2D eigenvalue weighted by Gasteiger charge is 2.13. The summed E-state index contributed by atoms with van der Waals surface area (Å²) >= 11 is 0. The third kappa shape index (κ3) is 5.84. The van der Waals surface area contributed by atoms with Crippen molar-refractivity contribution in [1.82, 2.24) is 5.32 Å². The number of benzene rings is 1. The van der Waals surface area contributed by atoms with Crippen LogP contribution in [0.4, 0.5) is 5.69 Å². The van der Waals surface area contributed by atoms with Crippen molar-refractivity contribution >= 4 is 17.5 Å². The molecule has 24 heavy (non-hydrogen) atoms. The number of carbonyl (C=O) groups excluding carboxylic acids is 2. The molecule has 0 radical (unpaired) electrons. The average molecular weight is 328 g/mol. The van der Waals surface area contributed by atoms with Crippen LogP contribution in [0.25, 0.3) is 0 Å². The number of para-hydroxylation sites is 1. The molecule has 2 N–H and O–H groups in total. The van der Waals surface area contributed by atoms with Crippen LogP contribution in [0.1, 0.15) is 63.9 Å². The lowest BCUT2D eigenvalue weighted by Gasteiger charge is -2.14. The van der Waals surface area contributed by atoms with Crippen LogP contribution in [-0.4, -0.2) is 18.4 Å². The molecule has 0 atom stereocenters. The summed E-state index contributed by atoms with van der Waals surface area (Å²) in [5.74, 6) is -0.164. The maximum Gasteiger partial charge on any atom is 0.233 e. The average Bonchev–Trinajstić information content (AvgIpc) is 2.56. The molecule has 4 heteroatoms. The van der Waals surface area contributed by atoms with Gasteiger partial charge in [0.2, 0.25) is 11.8 Å². The van der Waals surface area contributed by atoms with Crippen LogP contribution in [-0.2, 0) is 9.59 Å². The van der Waals surface area contributed by atoms with Gasteiger partial charge < -0.3 is 10.6 Å². The largest absolute Gasteiger partial charge is 0.355 e. The van der Waals surface area contributed by atoms with Crippen molar-refractivity contribution in [3.63, 3.8) is 0 Å². The van der Waals surface area contributed by atoms with E-state index in [-0.39, 0.29) is 18.2 Å². The Bertz CT molecular complexity index is 605. The minimum Gasteiger partial charge on any atom is -0.355 e. The van der Waals surface area contributed by atoms with E-state index in [1.54, 1.807) is 0 Å². The number of anilines is 1. The van der Waals surface area contributed by atoms with E-state index >= 15 is 0 Å². The first-order chi connectivity index (χ1) is 11.6. The van der Waals surface area contributed by atoms with Gasteiger partial charge in [-0.05, 0) is 49.7 Å². The molecule has 2 rings (SSSR count). The molecule has 130 valence electrons. The van der Waals surface area contributed by atoms with Gasteiger partial charge in [-0.3, -0.25) is 9.59 Å². The molecule has 0 fully saturated rings. The molecule has 0 aliphatic heterocycles. The molecule has 0 saturated heterocycles. The van der Waals surface area contributed by atoms with Crippen LogP contribution in [0.3, 0.4) is 0 Å². The Hall–Kier alpha value is -2.10. The van der Waals surface area contributed by atoms with E-state index < -0.39 is 0 Å². The third-order valence-corrected chi connectivity index (χ3v) is 4.33. The van der Waals surface area contributed by atoms with Gasteiger partial charge in [-0.25, -0.2) is 0 Å². The maximum atomic E-state index is 12.1. The topological polar surface area (TPSA) is 58.2 Å². The number of amides is 2. The molecular weight excluding hydrogens is 300 g/mol. The van der Waals surface area contributed by atoms with Crippen LogP contribution >= 0.6 is 0 Å². The summed E-state index contributed by atoms with van der Waals surface area (Å²) in [5, 5.41) is 5.69. The first-order valence-corrected chi connectivity index (χ1v) is 8.89. The van der Waals surface area contributed by atoms with Crippen molar-refractivity contribution in [2.75, 3.05) is 11.9 Å². The monoisotopic (exact) mass is 328 g/mol. The zero-order chi connectivity index (χ0) is 17.4. The Balaban J connectivity index is 1.75. The van der Waals surface area contributed by atoms with Crippen LogP contribution in [0.5, 0.6) is 0 Å². The van der Waals surface area contributed by atoms with Crippen LogP contribution in [0, 0.1) is 0 Å². The minimum atomic E-state index is -0.266. The summed E-state index contributed by atoms with van der Waals surface area (Å²) in [6, 6.07) is 7.72. The number of hydrogen-bond donors (Lipinski definition) is 2. The predicted molar refractivity (Wildman–Crippen MR) is 98.0 cm³/mol. The van der Waals surface area contributed by atoms with E-state index in [1.165, 1.54) is 18.4 Å². The number of hydrogen-bond acceptors (Lipinski definition) is 2. The molecule has 1 aliphatic rings. The number of rotatable bonds is 7. The number of nitrogens with one attached hydrogen (secondary N) is 2. The Kier molecular flexibility index (Phi) is 7.04. The van der Waals surface area contributed by atoms with Crippen molar-refractivity contribution in [1.29, 1.82) is 0 Å². The van der Waals surface area contributed by atoms with E-state index in [9.17, 15) is 9.59 Å². The highest BCUT2D eigenvalue weighted by Crippen LogP contribution is 2.23. The fourth-order valence-corrected chi connectivity index (χ4v) is 3.01. The molecule has 1 aromatic rings. The predicted octanol–water partition coefficient (Wildman–Crippen LogP) is 4.15. The maximum absolute atomic E-state index is 12.1. The van der Waals surface area contributed by atoms with Crippen LogP contribution in [0.15, 0.2) is 35.9 Å². The molecule has 0 saturated carbocycles. The van der Waals surface area contributed by atoms with Crippen LogP contribution in [0.2, 0.25) is 0 Å². The summed E-state index contributed by atoms with van der Waals surface area (Å²) in [5.41, 5.74) is 3.30. The second-order valence-corrected chi connectivity index (χ2v) is 6.68. The fourth-order valence-electron chi connectivity index (χ4n) is 3.01. The second kappa shape index (κ2) is 9.26. The van der Waals surface area contributed by atoms with Crippen molar-refractivity contribution < 1.29 is 9.59 Å². The van der Waals surface area contributed by atoms with Gasteiger partial charge in [-0.1, -0.05) is 43.7 Å². The molecule has 0 spiro atoms. The minimum absolute atomic E-state index is 0.133. The van der Waals surface area contributed by atoms with Gasteiger partial charge in [0.15, 0.2) is 0 Å². The van der Waals surface area contributed by atoms with Gasteiger partial charge in [0.05, 0.1) is 0 Å². The second-order valence-electron chi connectivity index (χ2n) is 6.68. The lowest BCUT2D eigenvalue weighted by atomic mass is 9.97. The molecule has 4 nitrogen and oxygen atoms in total. The molecule has 2 amide bonds. The highest BCUT2D eigenvalue weighted by atomic mass is 16.2. The van der Waals surface area contributed by atoms with E-state index in [1.807, 2.05) is 24.3 Å². The summed E-state index contributed by atoms with van der Waals surface area (Å²) in [6.45, 7) is 4.77. The lowest BCUT2D eigenvalue weighted by Crippen LogP contribution is -2.29. The summed E-state index contributed by atoms with van der Waals surface area (Å²) in [4.78, 5) is 24.0. The van der Waals surface area contributed by atoms with E-state index in [2.05, 4.69) is 30.6 Å². The van der Waals surface area contributed by atoms with Crippen LogP contribution < -0.4 is 10.6 Å². The Morgan fingerprint density at radius 1 is 1.12 bits per heavy atom. The van der Waals surface area contributed by atoms with Crippen molar-refractivity contribution in [2.45, 2.75) is 58.3 Å². The molecule has 1 aromatic carbocycles. The summed E-state index contributed by atoms with van der Waals surface area (Å²) in [7, 11) is 0. The standard InChI is InChI=1S/C20H28N2O2/c1-15(2)17-10-6-7-11-18(17)22-20(24)14-19(23)21-13-12-16-8-4-3-5-9-16/h6-8,10-11,15H,3-5,9,12-14H2,1-2H3,(H,21,23)(H,22,24). The molecule has 0 heterocycles. The summed E-state index contributed by atoms with van der Waals surface area (Å²) < 4.78 is 0. The zero-order valence-electron chi connectivity index (χ0n) is 14.7. The SMILES string of the molecule is CC(C)c1ccccc1NC(=O)CC(=O)NCCC1=CCCCC1. The van der Waals surface area contributed by atoms with Gasteiger partial charge in [-0.15, -0.1) is 0 Å².